The third-order valence-corrected chi connectivity index (χ3v) is 4.99. The molecule has 1 aliphatic heterocycles. The topological polar surface area (TPSA) is 44.8 Å². The smallest absolute Gasteiger partial charge is 0.259 e. The molecule has 0 unspecified atom stereocenters. The fraction of sp³-hybridized carbons (Fsp3) is 0.316. The third kappa shape index (κ3) is 4.23. The Morgan fingerprint density at radius 2 is 1.81 bits per heavy atom. The average Bonchev–Trinajstić information content (AvgIpc) is 2.63. The van der Waals surface area contributed by atoms with E-state index in [1.807, 2.05) is 12.1 Å². The van der Waals surface area contributed by atoms with E-state index in [0.29, 0.717) is 27.0 Å². The van der Waals surface area contributed by atoms with Crippen molar-refractivity contribution in [2.45, 2.75) is 0 Å². The molecule has 1 N–H and O–H groups in total. The van der Waals surface area contributed by atoms with E-state index in [-0.39, 0.29) is 5.91 Å². The molecule has 2 aromatic rings. The van der Waals surface area contributed by atoms with Crippen LogP contribution in [0.2, 0.25) is 10.0 Å². The molecule has 1 aliphatic rings. The number of rotatable bonds is 4. The summed E-state index contributed by atoms with van der Waals surface area (Å²) in [4.78, 5) is 17.1. The number of ether oxygens (including phenoxy) is 1. The lowest BCUT2D eigenvalue weighted by atomic mass is 10.1. The lowest BCUT2D eigenvalue weighted by molar-refractivity contribution is 0.102. The molecule has 2 aromatic carbocycles. The summed E-state index contributed by atoms with van der Waals surface area (Å²) in [6, 6.07) is 10.5. The highest BCUT2D eigenvalue weighted by molar-refractivity contribution is 6.33. The van der Waals surface area contributed by atoms with Gasteiger partial charge in [-0.1, -0.05) is 23.2 Å². The summed E-state index contributed by atoms with van der Waals surface area (Å²) >= 11 is 12.5. The summed E-state index contributed by atoms with van der Waals surface area (Å²) in [6.45, 7) is 3.87. The highest BCUT2D eigenvalue weighted by atomic mass is 35.5. The van der Waals surface area contributed by atoms with Gasteiger partial charge in [0.25, 0.3) is 5.91 Å². The standard InChI is InChI=1S/C19H21Cl2N3O2/c1-23-7-9-24(10-8-23)17-5-4-14(12-16(17)21)22-19(25)15-11-13(20)3-6-18(15)26-2/h3-6,11-12H,7-10H2,1-2H3,(H,22,25). The Morgan fingerprint density at radius 1 is 1.08 bits per heavy atom. The SMILES string of the molecule is COc1ccc(Cl)cc1C(=O)Nc1ccc(N2CCN(C)CC2)c(Cl)c1. The minimum Gasteiger partial charge on any atom is -0.496 e. The number of amides is 1. The van der Waals surface area contributed by atoms with E-state index >= 15 is 0 Å². The van der Waals surface area contributed by atoms with Gasteiger partial charge in [0.2, 0.25) is 0 Å². The highest BCUT2D eigenvalue weighted by Crippen LogP contribution is 2.30. The number of carbonyl (C=O) groups is 1. The molecule has 0 bridgehead atoms. The van der Waals surface area contributed by atoms with Crippen LogP contribution in [0.1, 0.15) is 10.4 Å². The Kier molecular flexibility index (Phi) is 5.91. The Balaban J connectivity index is 1.76. The van der Waals surface area contributed by atoms with Crippen LogP contribution in [0, 0.1) is 0 Å². The Bertz CT molecular complexity index is 805. The molecule has 5 nitrogen and oxygen atoms in total. The molecule has 1 fully saturated rings. The molecule has 0 spiro atoms. The maximum Gasteiger partial charge on any atom is 0.259 e. The molecule has 1 heterocycles. The number of piperazine rings is 1. The van der Waals surface area contributed by atoms with E-state index in [9.17, 15) is 4.79 Å². The van der Waals surface area contributed by atoms with E-state index < -0.39 is 0 Å². The molecule has 0 atom stereocenters. The fourth-order valence-electron chi connectivity index (χ4n) is 2.94. The first-order valence-corrected chi connectivity index (χ1v) is 9.11. The molecule has 26 heavy (non-hydrogen) atoms. The van der Waals surface area contributed by atoms with Crippen LogP contribution in [0.4, 0.5) is 11.4 Å². The fourth-order valence-corrected chi connectivity index (χ4v) is 3.42. The predicted octanol–water partition coefficient (Wildman–Crippen LogP) is 4.01. The summed E-state index contributed by atoms with van der Waals surface area (Å²) in [5.41, 5.74) is 1.98. The molecule has 0 aliphatic carbocycles. The van der Waals surface area contributed by atoms with E-state index in [0.717, 1.165) is 31.9 Å². The number of halogens is 2. The van der Waals surface area contributed by atoms with Crippen LogP contribution < -0.4 is 15.0 Å². The van der Waals surface area contributed by atoms with Crippen molar-refractivity contribution in [3.63, 3.8) is 0 Å². The number of nitrogens with one attached hydrogen (secondary N) is 1. The van der Waals surface area contributed by atoms with E-state index in [4.69, 9.17) is 27.9 Å². The normalized spacial score (nSPS) is 15.0. The number of likely N-dealkylation sites (N-methyl/N-ethyl adjacent to an activating group) is 1. The number of methoxy groups -OCH3 is 1. The van der Waals surface area contributed by atoms with Crippen molar-refractivity contribution in [1.82, 2.24) is 4.90 Å². The van der Waals surface area contributed by atoms with E-state index in [1.54, 1.807) is 24.3 Å². The van der Waals surface area contributed by atoms with E-state index in [1.165, 1.54) is 7.11 Å². The van der Waals surface area contributed by atoms with Gasteiger partial charge >= 0.3 is 0 Å². The highest BCUT2D eigenvalue weighted by Gasteiger charge is 2.18. The van der Waals surface area contributed by atoms with Gasteiger partial charge in [0.1, 0.15) is 5.75 Å². The largest absolute Gasteiger partial charge is 0.496 e. The number of nitrogens with zero attached hydrogens (tertiary/aromatic N) is 2. The number of anilines is 2. The van der Waals surface area contributed by atoms with Gasteiger partial charge in [-0.3, -0.25) is 4.79 Å². The summed E-state index contributed by atoms with van der Waals surface area (Å²) < 4.78 is 5.23. The maximum atomic E-state index is 12.6. The predicted molar refractivity (Wildman–Crippen MR) is 107 cm³/mol. The lowest BCUT2D eigenvalue weighted by Gasteiger charge is -2.34. The molecule has 0 radical (unpaired) electrons. The summed E-state index contributed by atoms with van der Waals surface area (Å²) in [5.74, 6) is 0.166. The Hall–Kier alpha value is -1.95. The van der Waals surface area contributed by atoms with Crippen LogP contribution in [-0.2, 0) is 0 Å². The van der Waals surface area contributed by atoms with Crippen LogP contribution >= 0.6 is 23.2 Å². The minimum atomic E-state index is -0.298. The van der Waals surface area contributed by atoms with Gasteiger partial charge in [-0.05, 0) is 43.4 Å². The summed E-state index contributed by atoms with van der Waals surface area (Å²) in [7, 11) is 3.63. The Morgan fingerprint density at radius 3 is 2.46 bits per heavy atom. The second-order valence-electron chi connectivity index (χ2n) is 6.26. The van der Waals surface area contributed by atoms with Crippen molar-refractivity contribution in [3.05, 3.63) is 52.0 Å². The van der Waals surface area contributed by atoms with Gasteiger partial charge < -0.3 is 19.9 Å². The van der Waals surface area contributed by atoms with Crippen LogP contribution in [0.25, 0.3) is 0 Å². The summed E-state index contributed by atoms with van der Waals surface area (Å²) in [5, 5.41) is 3.94. The lowest BCUT2D eigenvalue weighted by Crippen LogP contribution is -2.44. The van der Waals surface area contributed by atoms with Crippen molar-refractivity contribution >= 4 is 40.5 Å². The molecular weight excluding hydrogens is 373 g/mol. The first-order chi connectivity index (χ1) is 12.5. The van der Waals surface area contributed by atoms with Gasteiger partial charge in [-0.15, -0.1) is 0 Å². The first-order valence-electron chi connectivity index (χ1n) is 8.36. The quantitative estimate of drug-likeness (QED) is 0.852. The molecule has 138 valence electrons. The first kappa shape index (κ1) is 18.8. The van der Waals surface area contributed by atoms with E-state index in [2.05, 4.69) is 22.2 Å². The van der Waals surface area contributed by atoms with Crippen molar-refractivity contribution in [1.29, 1.82) is 0 Å². The number of carbonyl (C=O) groups excluding carboxylic acids is 1. The van der Waals surface area contributed by atoms with Gasteiger partial charge in [-0.2, -0.15) is 0 Å². The second kappa shape index (κ2) is 8.16. The van der Waals surface area contributed by atoms with Crippen molar-refractivity contribution < 1.29 is 9.53 Å². The van der Waals surface area contributed by atoms with Gasteiger partial charge in [0.15, 0.2) is 0 Å². The molecule has 1 saturated heterocycles. The molecular formula is C19H21Cl2N3O2. The van der Waals surface area contributed by atoms with Crippen molar-refractivity contribution in [2.24, 2.45) is 0 Å². The number of hydrogen-bond acceptors (Lipinski definition) is 4. The van der Waals surface area contributed by atoms with Crippen molar-refractivity contribution in [3.8, 4) is 5.75 Å². The average molecular weight is 394 g/mol. The molecule has 3 rings (SSSR count). The van der Waals surface area contributed by atoms with Crippen molar-refractivity contribution in [2.75, 3.05) is 50.6 Å². The van der Waals surface area contributed by atoms with Crippen LogP contribution in [0.15, 0.2) is 36.4 Å². The summed E-state index contributed by atoms with van der Waals surface area (Å²) in [6.07, 6.45) is 0. The number of benzene rings is 2. The monoisotopic (exact) mass is 393 g/mol. The second-order valence-corrected chi connectivity index (χ2v) is 7.10. The van der Waals surface area contributed by atoms with Crippen LogP contribution in [0.5, 0.6) is 5.75 Å². The van der Waals surface area contributed by atoms with Gasteiger partial charge in [0, 0.05) is 36.9 Å². The molecule has 1 amide bonds. The third-order valence-electron chi connectivity index (χ3n) is 4.46. The molecule has 0 saturated carbocycles. The zero-order valence-electron chi connectivity index (χ0n) is 14.8. The zero-order valence-corrected chi connectivity index (χ0v) is 16.3. The maximum absolute atomic E-state index is 12.6. The van der Waals surface area contributed by atoms with Crippen LogP contribution in [-0.4, -0.2) is 51.1 Å². The Labute approximate surface area is 163 Å². The van der Waals surface area contributed by atoms with Gasteiger partial charge in [-0.25, -0.2) is 0 Å². The minimum absolute atomic E-state index is 0.298. The van der Waals surface area contributed by atoms with Gasteiger partial charge in [0.05, 0.1) is 23.4 Å². The molecule has 7 heteroatoms. The zero-order chi connectivity index (χ0) is 18.7. The van der Waals surface area contributed by atoms with Crippen LogP contribution in [0.3, 0.4) is 0 Å². The number of hydrogen-bond donors (Lipinski definition) is 1. The molecule has 0 aromatic heterocycles.